The molecule has 1 fully saturated rings. The zero-order valence-electron chi connectivity index (χ0n) is 12.9. The number of nitrogens with zero attached hydrogens (tertiary/aromatic N) is 1. The molecule has 1 aromatic carbocycles. The zero-order valence-corrected chi connectivity index (χ0v) is 12.9. The first-order valence-electron chi connectivity index (χ1n) is 7.85. The largest absolute Gasteiger partial charge is 0.313 e. The van der Waals surface area contributed by atoms with Crippen LogP contribution >= 0.6 is 0 Å². The molecule has 0 spiro atoms. The van der Waals surface area contributed by atoms with Gasteiger partial charge in [0.25, 0.3) is 0 Å². The van der Waals surface area contributed by atoms with Gasteiger partial charge in [-0.3, -0.25) is 4.90 Å². The minimum Gasteiger partial charge on any atom is -0.313 e. The average molecular weight is 278 g/mol. The summed E-state index contributed by atoms with van der Waals surface area (Å²) in [6.45, 7) is 5.27. The molecule has 0 radical (unpaired) electrons. The van der Waals surface area contributed by atoms with Gasteiger partial charge in [0.05, 0.1) is 0 Å². The maximum Gasteiger partial charge on any atom is 0.127 e. The van der Waals surface area contributed by atoms with Gasteiger partial charge >= 0.3 is 0 Å². The Labute approximate surface area is 122 Å². The molecule has 0 bridgehead atoms. The Morgan fingerprint density at radius 2 is 2.00 bits per heavy atom. The van der Waals surface area contributed by atoms with Crippen molar-refractivity contribution in [2.75, 3.05) is 13.6 Å². The van der Waals surface area contributed by atoms with Crippen LogP contribution in [0.3, 0.4) is 0 Å². The Morgan fingerprint density at radius 1 is 1.30 bits per heavy atom. The van der Waals surface area contributed by atoms with E-state index >= 15 is 0 Å². The van der Waals surface area contributed by atoms with E-state index in [1.807, 2.05) is 12.1 Å². The van der Waals surface area contributed by atoms with E-state index in [0.717, 1.165) is 12.1 Å². The Hall–Kier alpha value is -0.930. The Bertz CT molecular complexity index is 419. The van der Waals surface area contributed by atoms with E-state index in [2.05, 4.69) is 31.1 Å². The highest BCUT2D eigenvalue weighted by Crippen LogP contribution is 2.30. The van der Waals surface area contributed by atoms with Crippen molar-refractivity contribution in [1.82, 2.24) is 10.2 Å². The lowest BCUT2D eigenvalue weighted by atomic mass is 9.88. The van der Waals surface area contributed by atoms with Crippen LogP contribution in [0.4, 0.5) is 4.39 Å². The highest BCUT2D eigenvalue weighted by atomic mass is 19.1. The highest BCUT2D eigenvalue weighted by molar-refractivity contribution is 5.21. The van der Waals surface area contributed by atoms with Crippen LogP contribution in [0.25, 0.3) is 0 Å². The van der Waals surface area contributed by atoms with E-state index in [4.69, 9.17) is 0 Å². The van der Waals surface area contributed by atoms with E-state index in [0.29, 0.717) is 12.1 Å². The number of likely N-dealkylation sites (N-methyl/N-ethyl adjacent to an activating group) is 2. The second-order valence-electron chi connectivity index (χ2n) is 5.88. The van der Waals surface area contributed by atoms with Crippen LogP contribution in [0, 0.1) is 5.82 Å². The van der Waals surface area contributed by atoms with Crippen molar-refractivity contribution < 1.29 is 4.39 Å². The molecule has 1 N–H and O–H groups in total. The van der Waals surface area contributed by atoms with Gasteiger partial charge in [0.1, 0.15) is 5.82 Å². The molecule has 0 heterocycles. The number of nitrogens with one attached hydrogen (secondary N) is 1. The minimum atomic E-state index is -0.0948. The summed E-state index contributed by atoms with van der Waals surface area (Å²) in [4.78, 5) is 2.35. The first kappa shape index (κ1) is 15.5. The summed E-state index contributed by atoms with van der Waals surface area (Å²) < 4.78 is 14.0. The van der Waals surface area contributed by atoms with Crippen molar-refractivity contribution in [3.8, 4) is 0 Å². The third kappa shape index (κ3) is 3.39. The molecule has 1 aromatic rings. The van der Waals surface area contributed by atoms with Crippen LogP contribution < -0.4 is 5.32 Å². The molecular formula is C17H27FN2. The number of hydrogen-bond acceptors (Lipinski definition) is 2. The van der Waals surface area contributed by atoms with Gasteiger partial charge in [-0.2, -0.15) is 0 Å². The lowest BCUT2D eigenvalue weighted by molar-refractivity contribution is 0.112. The smallest absolute Gasteiger partial charge is 0.127 e. The van der Waals surface area contributed by atoms with E-state index in [1.165, 1.54) is 25.7 Å². The second-order valence-corrected chi connectivity index (χ2v) is 5.88. The first-order valence-corrected chi connectivity index (χ1v) is 7.85. The van der Waals surface area contributed by atoms with Crippen molar-refractivity contribution in [2.24, 2.45) is 0 Å². The maximum atomic E-state index is 14.0. The topological polar surface area (TPSA) is 15.3 Å². The van der Waals surface area contributed by atoms with E-state index in [9.17, 15) is 4.39 Å². The fourth-order valence-corrected chi connectivity index (χ4v) is 3.42. The van der Waals surface area contributed by atoms with Crippen molar-refractivity contribution in [3.05, 3.63) is 35.6 Å². The third-order valence-corrected chi connectivity index (χ3v) is 4.69. The SMILES string of the molecule is CCNC1CCCCC1N(C)C(C)c1ccccc1F. The molecule has 0 aromatic heterocycles. The maximum absolute atomic E-state index is 14.0. The molecule has 112 valence electrons. The van der Waals surface area contributed by atoms with Crippen molar-refractivity contribution in [3.63, 3.8) is 0 Å². The molecule has 2 rings (SSSR count). The summed E-state index contributed by atoms with van der Waals surface area (Å²) in [7, 11) is 2.14. The first-order chi connectivity index (χ1) is 9.65. The van der Waals surface area contributed by atoms with Gasteiger partial charge in [-0.25, -0.2) is 4.39 Å². The summed E-state index contributed by atoms with van der Waals surface area (Å²) in [5.41, 5.74) is 0.802. The summed E-state index contributed by atoms with van der Waals surface area (Å²) in [5.74, 6) is -0.0948. The molecule has 3 unspecified atom stereocenters. The van der Waals surface area contributed by atoms with E-state index in [-0.39, 0.29) is 11.9 Å². The molecule has 0 saturated heterocycles. The van der Waals surface area contributed by atoms with Gasteiger partial charge in [-0.05, 0) is 39.4 Å². The Balaban J connectivity index is 2.12. The summed E-state index contributed by atoms with van der Waals surface area (Å²) in [6.07, 6.45) is 5.01. The lowest BCUT2D eigenvalue weighted by Gasteiger charge is -2.41. The summed E-state index contributed by atoms with van der Waals surface area (Å²) in [5, 5.41) is 3.60. The van der Waals surface area contributed by atoms with Crippen molar-refractivity contribution in [2.45, 2.75) is 57.7 Å². The third-order valence-electron chi connectivity index (χ3n) is 4.69. The van der Waals surface area contributed by atoms with Gasteiger partial charge in [0.15, 0.2) is 0 Å². The number of rotatable bonds is 5. The molecule has 0 amide bonds. The fraction of sp³-hybridized carbons (Fsp3) is 0.647. The van der Waals surface area contributed by atoms with Crippen molar-refractivity contribution in [1.29, 1.82) is 0 Å². The van der Waals surface area contributed by atoms with Crippen LogP contribution in [0.2, 0.25) is 0 Å². The molecule has 0 aliphatic heterocycles. The van der Waals surface area contributed by atoms with Crippen LogP contribution in [0.5, 0.6) is 0 Å². The summed E-state index contributed by atoms with van der Waals surface area (Å²) >= 11 is 0. The van der Waals surface area contributed by atoms with Gasteiger partial charge in [-0.1, -0.05) is 38.0 Å². The molecule has 20 heavy (non-hydrogen) atoms. The highest BCUT2D eigenvalue weighted by Gasteiger charge is 2.30. The molecule has 1 aliphatic rings. The standard InChI is InChI=1S/C17H27FN2/c1-4-19-16-11-7-8-12-17(16)20(3)13(2)14-9-5-6-10-15(14)18/h5-6,9-10,13,16-17,19H,4,7-8,11-12H2,1-3H3. The average Bonchev–Trinajstić information content (AvgIpc) is 2.47. The molecule has 3 heteroatoms. The quantitative estimate of drug-likeness (QED) is 0.882. The van der Waals surface area contributed by atoms with Gasteiger partial charge in [0.2, 0.25) is 0 Å². The van der Waals surface area contributed by atoms with E-state index in [1.54, 1.807) is 12.1 Å². The predicted octanol–water partition coefficient (Wildman–Crippen LogP) is 3.74. The monoisotopic (exact) mass is 278 g/mol. The molecular weight excluding hydrogens is 251 g/mol. The molecule has 1 saturated carbocycles. The Morgan fingerprint density at radius 3 is 2.70 bits per heavy atom. The van der Waals surface area contributed by atoms with E-state index < -0.39 is 0 Å². The number of hydrogen-bond donors (Lipinski definition) is 1. The van der Waals surface area contributed by atoms with Gasteiger partial charge in [-0.15, -0.1) is 0 Å². The van der Waals surface area contributed by atoms with Crippen LogP contribution in [0.1, 0.15) is 51.1 Å². The second kappa shape index (κ2) is 7.19. The molecule has 3 atom stereocenters. The predicted molar refractivity (Wildman–Crippen MR) is 82.3 cm³/mol. The number of halogens is 1. The Kier molecular flexibility index (Phi) is 5.55. The van der Waals surface area contributed by atoms with Crippen LogP contribution in [0.15, 0.2) is 24.3 Å². The van der Waals surface area contributed by atoms with Gasteiger partial charge < -0.3 is 5.32 Å². The molecule has 2 nitrogen and oxygen atoms in total. The minimum absolute atomic E-state index is 0.0948. The zero-order chi connectivity index (χ0) is 14.5. The lowest BCUT2D eigenvalue weighted by Crippen LogP contribution is -2.51. The fourth-order valence-electron chi connectivity index (χ4n) is 3.42. The summed E-state index contributed by atoms with van der Waals surface area (Å²) in [6, 6.07) is 8.29. The van der Waals surface area contributed by atoms with Crippen LogP contribution in [-0.4, -0.2) is 30.6 Å². The van der Waals surface area contributed by atoms with Gasteiger partial charge in [0, 0.05) is 23.7 Å². The van der Waals surface area contributed by atoms with Crippen LogP contribution in [-0.2, 0) is 0 Å². The normalized spacial score (nSPS) is 24.9. The molecule has 1 aliphatic carbocycles. The number of benzene rings is 1. The van der Waals surface area contributed by atoms with Crippen molar-refractivity contribution >= 4 is 0 Å².